The smallest absolute Gasteiger partial charge is 0.411 e. The lowest BCUT2D eigenvalue weighted by atomic mass is 9.85. The van der Waals surface area contributed by atoms with Crippen molar-refractivity contribution in [2.75, 3.05) is 39.8 Å². The van der Waals surface area contributed by atoms with Gasteiger partial charge in [0.1, 0.15) is 12.3 Å². The molecule has 0 saturated heterocycles. The third-order valence-corrected chi connectivity index (χ3v) is 14.0. The van der Waals surface area contributed by atoms with Crippen LogP contribution in [0.25, 0.3) is 32.9 Å². The average Bonchev–Trinajstić information content (AvgIpc) is 3.93. The number of aromatic nitrogens is 2. The molecule has 0 radical (unpaired) electrons. The number of alkyl halides is 3. The van der Waals surface area contributed by atoms with Crippen LogP contribution in [0.2, 0.25) is 0 Å². The summed E-state index contributed by atoms with van der Waals surface area (Å²) in [4.78, 5) is 11.1. The van der Waals surface area contributed by atoms with Crippen LogP contribution in [0.3, 0.4) is 0 Å². The second-order valence-corrected chi connectivity index (χ2v) is 20.1. The first-order valence-corrected chi connectivity index (χ1v) is 27.8. The molecule has 2 fully saturated rings. The van der Waals surface area contributed by atoms with Gasteiger partial charge in [-0.2, -0.15) is 4.91 Å². The molecule has 2 heterocycles. The topological polar surface area (TPSA) is 125 Å². The Morgan fingerprint density at radius 3 is 2.16 bits per heavy atom. The lowest BCUT2D eigenvalue weighted by Gasteiger charge is -2.24. The normalized spacial score (nSPS) is 15.3. The number of fused-ring (bicyclic) bond motifs is 2. The second kappa shape index (κ2) is 32.5. The van der Waals surface area contributed by atoms with Crippen molar-refractivity contribution in [3.8, 4) is 11.1 Å². The van der Waals surface area contributed by atoms with E-state index in [1.54, 1.807) is 6.08 Å². The summed E-state index contributed by atoms with van der Waals surface area (Å²) in [6, 6.07) is 22.4. The van der Waals surface area contributed by atoms with Crippen LogP contribution in [-0.2, 0) is 24.2 Å². The van der Waals surface area contributed by atoms with Crippen LogP contribution in [0.5, 0.6) is 0 Å². The van der Waals surface area contributed by atoms with E-state index in [0.717, 1.165) is 98.3 Å². The highest BCUT2D eigenvalue weighted by Crippen LogP contribution is 2.41. The van der Waals surface area contributed by atoms with Crippen molar-refractivity contribution in [3.05, 3.63) is 124 Å². The molecule has 0 aliphatic heterocycles. The summed E-state index contributed by atoms with van der Waals surface area (Å²) < 4.78 is 48.3. The van der Waals surface area contributed by atoms with Crippen LogP contribution in [0.1, 0.15) is 166 Å². The molecule has 3 aromatic carbocycles. The van der Waals surface area contributed by atoms with Crippen molar-refractivity contribution < 1.29 is 17.9 Å². The molecule has 0 spiro atoms. The molecule has 5 aromatic rings. The number of rotatable bonds is 23. The first-order valence-electron chi connectivity index (χ1n) is 27.8. The van der Waals surface area contributed by atoms with E-state index in [0.29, 0.717) is 12.5 Å². The minimum Gasteiger partial charge on any atom is -0.411 e. The Hall–Kier alpha value is -4.75. The lowest BCUT2D eigenvalue weighted by molar-refractivity contribution is -0.305. The molecule has 2 aliphatic rings. The number of hydrogen-bond donors (Lipinski definition) is 4. The number of nitroso groups, excluding NO2 is 1. The standard InChI is InChI=1S/C30H42F3N3O2.C28H39N3.C2H6.CH5N/c1-5-14-34-15-13-26(24(16-21(2)3)17-22(4)38-30(31,32)33)28-20-36(25-9-7-6-8-10-25)29-12-11-23(19-35-37)18-27(28)29;1-22-8-5-11-24(18-22)25-13-14-28-27(19-25)26(12-6-16-30-17-7-15-29)21-31(28)20-23-9-3-2-4-10-23;2*1-2/h11-12,16-18,20-21,25-26,34H,5-10,13-15,19H2,1-4H3;5,8,11,13-14,18-19,21,23,30H,2-4,6-7,9-10,12,15-17,20,29H2,1H3;1-2H3;2H2,1H3/b22-17+,24-16+;;;. The highest BCUT2D eigenvalue weighted by atomic mass is 19.4. The summed E-state index contributed by atoms with van der Waals surface area (Å²) in [5.41, 5.74) is 20.8. The molecule has 404 valence electrons. The number of nitrogens with two attached hydrogens (primary N) is 2. The quantitative estimate of drug-likeness (QED) is 0.0224. The van der Waals surface area contributed by atoms with Crippen LogP contribution >= 0.6 is 0 Å². The Morgan fingerprint density at radius 2 is 1.51 bits per heavy atom. The van der Waals surface area contributed by atoms with Crippen molar-refractivity contribution in [1.82, 2.24) is 19.8 Å². The number of aryl methyl sites for hydroxylation is 2. The first-order chi connectivity index (χ1) is 35.4. The van der Waals surface area contributed by atoms with Gasteiger partial charge in [0.05, 0.1) is 0 Å². The van der Waals surface area contributed by atoms with Crippen molar-refractivity contribution in [3.63, 3.8) is 0 Å². The molecule has 1 unspecified atom stereocenters. The van der Waals surface area contributed by atoms with Gasteiger partial charge >= 0.3 is 6.36 Å². The molecular formula is C61H92F3N7O2. The predicted octanol–water partition coefficient (Wildman–Crippen LogP) is 15.6. The van der Waals surface area contributed by atoms with Crippen LogP contribution in [-0.4, -0.2) is 55.3 Å². The summed E-state index contributed by atoms with van der Waals surface area (Å²) in [6.07, 6.45) is 21.4. The number of nitrogens with one attached hydrogen (secondary N) is 2. The summed E-state index contributed by atoms with van der Waals surface area (Å²) in [5.74, 6) is 0.636. The zero-order valence-corrected chi connectivity index (χ0v) is 45.9. The third-order valence-electron chi connectivity index (χ3n) is 14.0. The molecule has 73 heavy (non-hydrogen) atoms. The van der Waals surface area contributed by atoms with Crippen LogP contribution in [0, 0.1) is 23.7 Å². The van der Waals surface area contributed by atoms with Gasteiger partial charge < -0.3 is 36.0 Å². The van der Waals surface area contributed by atoms with E-state index in [4.69, 9.17) is 5.73 Å². The monoisotopic (exact) mass is 1010 g/mol. The maximum atomic E-state index is 13.0. The summed E-state index contributed by atoms with van der Waals surface area (Å²) in [5, 5.41) is 12.6. The molecule has 6 N–H and O–H groups in total. The molecule has 2 aromatic heterocycles. The van der Waals surface area contributed by atoms with E-state index in [1.165, 1.54) is 111 Å². The maximum absolute atomic E-state index is 13.0. The van der Waals surface area contributed by atoms with Gasteiger partial charge in [0.25, 0.3) is 0 Å². The van der Waals surface area contributed by atoms with Gasteiger partial charge in [0.2, 0.25) is 0 Å². The fourth-order valence-electron chi connectivity index (χ4n) is 10.7. The minimum atomic E-state index is -4.74. The van der Waals surface area contributed by atoms with E-state index in [9.17, 15) is 18.1 Å². The van der Waals surface area contributed by atoms with E-state index in [-0.39, 0.29) is 24.1 Å². The molecule has 7 rings (SSSR count). The first kappa shape index (κ1) is 60.8. The number of nitrogens with zero attached hydrogens (tertiary/aromatic N) is 3. The van der Waals surface area contributed by atoms with E-state index < -0.39 is 6.36 Å². The second-order valence-electron chi connectivity index (χ2n) is 20.1. The van der Waals surface area contributed by atoms with Gasteiger partial charge in [-0.15, -0.1) is 13.2 Å². The van der Waals surface area contributed by atoms with Gasteiger partial charge in [-0.05, 0) is 187 Å². The van der Waals surface area contributed by atoms with E-state index in [1.807, 2.05) is 45.9 Å². The fraction of sp³-hybridized carbons (Fsp3) is 0.574. The summed E-state index contributed by atoms with van der Waals surface area (Å²) in [7, 11) is 1.50. The average molecular weight is 1010 g/mol. The molecule has 0 bridgehead atoms. The van der Waals surface area contributed by atoms with Gasteiger partial charge in [-0.1, -0.05) is 126 Å². The number of ether oxygens (including phenoxy) is 1. The highest BCUT2D eigenvalue weighted by Gasteiger charge is 2.32. The van der Waals surface area contributed by atoms with Crippen molar-refractivity contribution in [1.29, 1.82) is 0 Å². The largest absolute Gasteiger partial charge is 0.572 e. The SMILES string of the molecule is CC.CCCNCCC(C(=C/C(C)C)/C=C(\C)OC(F)(F)F)c1cn(C2CCCCC2)c2ccc(CN=O)cc12.CN.Cc1cccc(-c2ccc3c(c2)c(CCCNCCCN)cn3CC2CCCCC2)c1. The van der Waals surface area contributed by atoms with Gasteiger partial charge in [-0.25, -0.2) is 0 Å². The molecule has 9 nitrogen and oxygen atoms in total. The lowest BCUT2D eigenvalue weighted by Crippen LogP contribution is -2.19. The van der Waals surface area contributed by atoms with E-state index >= 15 is 0 Å². The maximum Gasteiger partial charge on any atom is 0.572 e. The molecule has 2 saturated carbocycles. The minimum absolute atomic E-state index is 0.0832. The van der Waals surface area contributed by atoms with Crippen LogP contribution in [0.4, 0.5) is 13.2 Å². The summed E-state index contributed by atoms with van der Waals surface area (Å²) >= 11 is 0. The Balaban J connectivity index is 0.000000301. The third kappa shape index (κ3) is 19.5. The van der Waals surface area contributed by atoms with Gasteiger partial charge in [0.15, 0.2) is 0 Å². The van der Waals surface area contributed by atoms with Crippen molar-refractivity contribution in [2.24, 2.45) is 28.5 Å². The molecule has 0 amide bonds. The Kier molecular flexibility index (Phi) is 27.1. The van der Waals surface area contributed by atoms with Gasteiger partial charge in [-0.3, -0.25) is 0 Å². The van der Waals surface area contributed by atoms with Gasteiger partial charge in [0, 0.05) is 52.7 Å². The van der Waals surface area contributed by atoms with Crippen LogP contribution in [0.15, 0.2) is 102 Å². The molecule has 2 aliphatic carbocycles. The molecular weight excluding hydrogens is 920 g/mol. The Morgan fingerprint density at radius 1 is 0.836 bits per heavy atom. The zero-order valence-electron chi connectivity index (χ0n) is 45.9. The van der Waals surface area contributed by atoms with Crippen LogP contribution < -0.4 is 22.1 Å². The molecule has 1 atom stereocenters. The zero-order chi connectivity index (χ0) is 53.2. The Bertz CT molecular complexity index is 2420. The number of hydrogen-bond acceptors (Lipinski definition) is 7. The number of halogens is 3. The molecule has 12 heteroatoms. The van der Waals surface area contributed by atoms with E-state index in [2.05, 4.69) is 110 Å². The van der Waals surface area contributed by atoms with Crippen molar-refractivity contribution >= 4 is 21.8 Å². The predicted molar refractivity (Wildman–Crippen MR) is 303 cm³/mol. The Labute approximate surface area is 437 Å². The number of benzene rings is 3. The highest BCUT2D eigenvalue weighted by molar-refractivity contribution is 5.89. The number of allylic oxidation sites excluding steroid dienone is 4. The van der Waals surface area contributed by atoms with Crippen molar-refractivity contribution in [2.45, 2.75) is 176 Å². The fourth-order valence-corrected chi connectivity index (χ4v) is 10.7. The summed E-state index contributed by atoms with van der Waals surface area (Å²) in [6.45, 7) is 19.4.